The van der Waals surface area contributed by atoms with E-state index in [-0.39, 0.29) is 19.1 Å². The lowest BCUT2D eigenvalue weighted by Gasteiger charge is -2.15. The first-order chi connectivity index (χ1) is 15.3. The number of carboxylic acid groups (broad SMARTS) is 1. The number of ether oxygens (including phenoxy) is 2. The molecule has 2 aromatic rings. The summed E-state index contributed by atoms with van der Waals surface area (Å²) in [5.74, 6) is -2.36. The number of fused-ring (bicyclic) bond motifs is 1. The number of hydrogen-bond donors (Lipinski definition) is 2. The molecule has 0 saturated carbocycles. The van der Waals surface area contributed by atoms with Crippen LogP contribution in [0.25, 0.3) is 0 Å². The smallest absolute Gasteiger partial charge is 0.341 e. The minimum absolute atomic E-state index is 0.00659. The highest BCUT2D eigenvalue weighted by Crippen LogP contribution is 2.39. The molecule has 8 heteroatoms. The molecule has 0 radical (unpaired) electrons. The maximum atomic E-state index is 12.8. The maximum absolute atomic E-state index is 12.8. The molecule has 2 N–H and O–H groups in total. The zero-order valence-corrected chi connectivity index (χ0v) is 19.4. The number of aryl methyl sites for hydroxylation is 1. The van der Waals surface area contributed by atoms with Crippen molar-refractivity contribution in [3.63, 3.8) is 0 Å². The number of nitrogens with one attached hydrogen (secondary N) is 1. The van der Waals surface area contributed by atoms with Gasteiger partial charge in [-0.3, -0.25) is 9.59 Å². The Labute approximate surface area is 191 Å². The van der Waals surface area contributed by atoms with E-state index in [4.69, 9.17) is 9.47 Å². The van der Waals surface area contributed by atoms with E-state index in [9.17, 15) is 19.5 Å². The Kier molecular flexibility index (Phi) is 7.90. The fraction of sp³-hybridized carbons (Fsp3) is 0.458. The summed E-state index contributed by atoms with van der Waals surface area (Å²) in [6.45, 7) is 5.80. The largest absolute Gasteiger partial charge is 0.491 e. The molecule has 1 amide bonds. The molecule has 7 nitrogen and oxygen atoms in total. The molecule has 0 spiro atoms. The van der Waals surface area contributed by atoms with Gasteiger partial charge in [-0.25, -0.2) is 4.79 Å². The van der Waals surface area contributed by atoms with Crippen LogP contribution >= 0.6 is 11.3 Å². The first kappa shape index (κ1) is 23.8. The molecular weight excluding hydrogens is 430 g/mol. The lowest BCUT2D eigenvalue weighted by atomic mass is 9.94. The third kappa shape index (κ3) is 5.68. The van der Waals surface area contributed by atoms with E-state index in [1.165, 1.54) is 11.3 Å². The first-order valence-electron chi connectivity index (χ1n) is 10.9. The van der Waals surface area contributed by atoms with Gasteiger partial charge in [0.25, 0.3) is 0 Å². The molecule has 3 rings (SSSR count). The molecule has 1 atom stereocenters. The standard InChI is InChI=1S/C24H29NO6S/c1-4-30-24(29)21-17-7-5-6-8-19(17)32-22(21)25-20(26)13-18(23(27)28)15-9-11-16(12-10-15)31-14(2)3/h9-12,14,18H,4-8,13H2,1-3H3,(H,25,26)(H,27,28)/t18-/m0/s1. The molecule has 0 aliphatic heterocycles. The van der Waals surface area contributed by atoms with E-state index in [1.807, 2.05) is 13.8 Å². The number of hydrogen-bond acceptors (Lipinski definition) is 6. The summed E-state index contributed by atoms with van der Waals surface area (Å²) < 4.78 is 10.8. The molecule has 0 unspecified atom stereocenters. The van der Waals surface area contributed by atoms with Crippen LogP contribution in [0.15, 0.2) is 24.3 Å². The zero-order valence-electron chi connectivity index (χ0n) is 18.6. The monoisotopic (exact) mass is 459 g/mol. The second-order valence-electron chi connectivity index (χ2n) is 8.01. The van der Waals surface area contributed by atoms with Gasteiger partial charge in [-0.2, -0.15) is 0 Å². The number of aliphatic carboxylic acids is 1. The minimum atomic E-state index is -1.09. The van der Waals surface area contributed by atoms with Crippen LogP contribution in [0.1, 0.15) is 72.3 Å². The average Bonchev–Trinajstić information content (AvgIpc) is 3.10. The Morgan fingerprint density at radius 2 is 1.81 bits per heavy atom. The summed E-state index contributed by atoms with van der Waals surface area (Å²) in [4.78, 5) is 38.4. The van der Waals surface area contributed by atoms with Gasteiger partial charge in [0.15, 0.2) is 0 Å². The van der Waals surface area contributed by atoms with Crippen LogP contribution in [-0.2, 0) is 27.2 Å². The molecule has 172 valence electrons. The Morgan fingerprint density at radius 1 is 1.12 bits per heavy atom. The lowest BCUT2D eigenvalue weighted by molar-refractivity contribution is -0.140. The van der Waals surface area contributed by atoms with Crippen molar-refractivity contribution in [2.24, 2.45) is 0 Å². The number of benzene rings is 1. The topological polar surface area (TPSA) is 102 Å². The van der Waals surface area contributed by atoms with Crippen molar-refractivity contribution in [2.75, 3.05) is 11.9 Å². The van der Waals surface area contributed by atoms with Gasteiger partial charge in [0.05, 0.1) is 24.2 Å². The van der Waals surface area contributed by atoms with E-state index in [0.717, 1.165) is 36.1 Å². The summed E-state index contributed by atoms with van der Waals surface area (Å²) in [5.41, 5.74) is 1.88. The predicted octanol–water partition coefficient (Wildman–Crippen LogP) is 4.79. The van der Waals surface area contributed by atoms with Gasteiger partial charge in [0.2, 0.25) is 5.91 Å². The van der Waals surface area contributed by atoms with Crippen molar-refractivity contribution in [1.29, 1.82) is 0 Å². The van der Waals surface area contributed by atoms with Gasteiger partial charge >= 0.3 is 11.9 Å². The Morgan fingerprint density at radius 3 is 2.44 bits per heavy atom. The van der Waals surface area contributed by atoms with Crippen molar-refractivity contribution in [3.05, 3.63) is 45.8 Å². The number of thiophene rings is 1. The lowest BCUT2D eigenvalue weighted by Crippen LogP contribution is -2.21. The van der Waals surface area contributed by atoms with E-state index in [2.05, 4.69) is 5.32 Å². The first-order valence-corrected chi connectivity index (χ1v) is 11.7. The summed E-state index contributed by atoms with van der Waals surface area (Å²) in [6.07, 6.45) is 3.43. The highest BCUT2D eigenvalue weighted by atomic mass is 32.1. The van der Waals surface area contributed by atoms with Crippen LogP contribution < -0.4 is 10.1 Å². The Balaban J connectivity index is 1.78. The number of carbonyl (C=O) groups excluding carboxylic acids is 2. The quantitative estimate of drug-likeness (QED) is 0.523. The number of anilines is 1. The Bertz CT molecular complexity index is 979. The van der Waals surface area contributed by atoms with Crippen molar-refractivity contribution >= 4 is 34.2 Å². The van der Waals surface area contributed by atoms with Gasteiger partial charge in [-0.1, -0.05) is 12.1 Å². The third-order valence-corrected chi connectivity index (χ3v) is 6.45. The molecule has 0 bridgehead atoms. The van der Waals surface area contributed by atoms with E-state index >= 15 is 0 Å². The van der Waals surface area contributed by atoms with Crippen LogP contribution in [0.3, 0.4) is 0 Å². The van der Waals surface area contributed by atoms with Gasteiger partial charge < -0.3 is 19.9 Å². The van der Waals surface area contributed by atoms with Gasteiger partial charge in [0, 0.05) is 11.3 Å². The second-order valence-corrected chi connectivity index (χ2v) is 9.12. The normalized spacial score (nSPS) is 13.9. The van der Waals surface area contributed by atoms with Crippen LogP contribution in [0, 0.1) is 0 Å². The summed E-state index contributed by atoms with van der Waals surface area (Å²) in [7, 11) is 0. The van der Waals surface area contributed by atoms with Crippen molar-refractivity contribution in [2.45, 2.75) is 64.9 Å². The second kappa shape index (κ2) is 10.6. The number of esters is 1. The van der Waals surface area contributed by atoms with Crippen molar-refractivity contribution < 1.29 is 29.0 Å². The molecule has 1 aromatic carbocycles. The van der Waals surface area contributed by atoms with Crippen LogP contribution in [0.2, 0.25) is 0 Å². The average molecular weight is 460 g/mol. The molecule has 1 aromatic heterocycles. The van der Waals surface area contributed by atoms with E-state index < -0.39 is 23.8 Å². The molecular formula is C24H29NO6S. The summed E-state index contributed by atoms with van der Waals surface area (Å²) in [6, 6.07) is 6.74. The van der Waals surface area contributed by atoms with E-state index in [1.54, 1.807) is 31.2 Å². The number of amides is 1. The van der Waals surface area contributed by atoms with Gasteiger partial charge in [0.1, 0.15) is 10.8 Å². The third-order valence-electron chi connectivity index (χ3n) is 5.25. The van der Waals surface area contributed by atoms with E-state index in [0.29, 0.717) is 21.9 Å². The van der Waals surface area contributed by atoms with Crippen LogP contribution in [-0.4, -0.2) is 35.7 Å². The highest BCUT2D eigenvalue weighted by molar-refractivity contribution is 7.17. The zero-order chi connectivity index (χ0) is 23.3. The summed E-state index contributed by atoms with van der Waals surface area (Å²) >= 11 is 1.39. The van der Waals surface area contributed by atoms with Gasteiger partial charge in [-0.05, 0) is 69.7 Å². The molecule has 1 heterocycles. The molecule has 1 aliphatic carbocycles. The SMILES string of the molecule is CCOC(=O)c1c(NC(=O)C[C@H](C(=O)O)c2ccc(OC(C)C)cc2)sc2c1CCCC2. The number of carbonyl (C=O) groups is 3. The molecule has 32 heavy (non-hydrogen) atoms. The Hall–Kier alpha value is -2.87. The highest BCUT2D eigenvalue weighted by Gasteiger charge is 2.29. The van der Waals surface area contributed by atoms with Gasteiger partial charge in [-0.15, -0.1) is 11.3 Å². The fourth-order valence-electron chi connectivity index (χ4n) is 3.83. The molecule has 1 aliphatic rings. The van der Waals surface area contributed by atoms with Crippen LogP contribution in [0.5, 0.6) is 5.75 Å². The van der Waals surface area contributed by atoms with Crippen LogP contribution in [0.4, 0.5) is 5.00 Å². The number of carboxylic acids is 1. The van der Waals surface area contributed by atoms with Crippen molar-refractivity contribution in [3.8, 4) is 5.75 Å². The van der Waals surface area contributed by atoms with Crippen molar-refractivity contribution in [1.82, 2.24) is 0 Å². The molecule has 0 fully saturated rings. The predicted molar refractivity (Wildman–Crippen MR) is 123 cm³/mol. The summed E-state index contributed by atoms with van der Waals surface area (Å²) in [5, 5.41) is 13.0. The molecule has 0 saturated heterocycles. The maximum Gasteiger partial charge on any atom is 0.341 e. The number of rotatable bonds is 9. The fourth-order valence-corrected chi connectivity index (χ4v) is 5.13. The minimum Gasteiger partial charge on any atom is -0.491 e.